The van der Waals surface area contributed by atoms with Gasteiger partial charge in [-0.25, -0.2) is 4.79 Å². The van der Waals surface area contributed by atoms with Crippen molar-refractivity contribution in [3.05, 3.63) is 89.5 Å². The molecule has 0 aliphatic heterocycles. The number of carbonyl (C=O) groups is 1. The molecule has 0 spiro atoms. The fraction of sp³-hybridized carbons (Fsp3) is 0.192. The molecule has 0 aromatic heterocycles. The van der Waals surface area contributed by atoms with Gasteiger partial charge in [0, 0.05) is 17.5 Å². The highest BCUT2D eigenvalue weighted by atomic mass is 19.4. The van der Waals surface area contributed by atoms with Gasteiger partial charge in [-0.3, -0.25) is 0 Å². The number of nitrogens with two attached hydrogens (primary N) is 2. The summed E-state index contributed by atoms with van der Waals surface area (Å²) in [7, 11) is 0. The molecule has 0 saturated heterocycles. The third-order valence-electron chi connectivity index (χ3n) is 4.80. The second kappa shape index (κ2) is 11.6. The first-order valence-corrected chi connectivity index (χ1v) is 10.9. The Bertz CT molecular complexity index is 1210. The maximum absolute atomic E-state index is 14.5. The highest BCUT2D eigenvalue weighted by molar-refractivity contribution is 5.87. The summed E-state index contributed by atoms with van der Waals surface area (Å²) in [5.41, 5.74) is 12.9. The number of nitrogen functional groups attached to an aromatic ring is 2. The van der Waals surface area contributed by atoms with Crippen LogP contribution in [0, 0.1) is 0 Å². The van der Waals surface area contributed by atoms with E-state index in [1.165, 1.54) is 36.4 Å². The van der Waals surface area contributed by atoms with E-state index in [4.69, 9.17) is 25.7 Å². The smallest absolute Gasteiger partial charge is 0.426 e. The maximum Gasteiger partial charge on any atom is 0.426 e. The molecular weight excluding hydrogens is 499 g/mol. The molecule has 6 nitrogen and oxygen atoms in total. The van der Waals surface area contributed by atoms with Gasteiger partial charge in [0.25, 0.3) is 0 Å². The van der Waals surface area contributed by atoms with E-state index in [9.17, 15) is 26.7 Å². The van der Waals surface area contributed by atoms with Gasteiger partial charge in [0.05, 0.1) is 18.6 Å². The van der Waals surface area contributed by atoms with Crippen LogP contribution in [0.2, 0.25) is 0 Å². The van der Waals surface area contributed by atoms with Gasteiger partial charge in [0.15, 0.2) is 0 Å². The Balaban J connectivity index is 1.52. The quantitative estimate of drug-likeness (QED) is 0.145. The fourth-order valence-electron chi connectivity index (χ4n) is 3.08. The van der Waals surface area contributed by atoms with Crippen LogP contribution in [-0.4, -0.2) is 18.8 Å². The monoisotopic (exact) mass is 522 g/mol. The van der Waals surface area contributed by atoms with Crippen molar-refractivity contribution < 1.29 is 41.0 Å². The van der Waals surface area contributed by atoms with E-state index < -0.39 is 36.8 Å². The molecule has 0 fully saturated rings. The number of halogens is 5. The summed E-state index contributed by atoms with van der Waals surface area (Å²) in [6, 6.07) is 14.6. The Hall–Kier alpha value is -4.28. The number of alkyl halides is 5. The first kappa shape index (κ1) is 27.3. The zero-order chi connectivity index (χ0) is 27.1. The molecule has 0 saturated carbocycles. The fourth-order valence-corrected chi connectivity index (χ4v) is 3.08. The molecule has 11 heteroatoms. The Morgan fingerprint density at radius 3 is 2.03 bits per heavy atom. The number of hydrogen-bond donors (Lipinski definition) is 2. The molecule has 3 rings (SSSR count). The van der Waals surface area contributed by atoms with Gasteiger partial charge < -0.3 is 25.7 Å². The Morgan fingerprint density at radius 1 is 0.838 bits per heavy atom. The van der Waals surface area contributed by atoms with Crippen LogP contribution in [0.4, 0.5) is 33.3 Å². The summed E-state index contributed by atoms with van der Waals surface area (Å²) in [6.45, 7) is -0.646. The molecular formula is C26H23F5N2O4. The highest BCUT2D eigenvalue weighted by Gasteiger charge is 2.34. The lowest BCUT2D eigenvalue weighted by Gasteiger charge is -2.18. The predicted octanol–water partition coefficient (Wildman–Crippen LogP) is 6.07. The molecule has 3 aromatic rings. The van der Waals surface area contributed by atoms with E-state index in [2.05, 4.69) is 0 Å². The molecule has 3 aromatic carbocycles. The molecule has 0 heterocycles. The topological polar surface area (TPSA) is 96.8 Å². The predicted molar refractivity (Wildman–Crippen MR) is 128 cm³/mol. The van der Waals surface area contributed by atoms with E-state index in [0.717, 1.165) is 24.3 Å². The van der Waals surface area contributed by atoms with Gasteiger partial charge in [-0.1, -0.05) is 12.1 Å². The summed E-state index contributed by atoms with van der Waals surface area (Å²) < 4.78 is 80.4. The number of ether oxygens (including phenoxy) is 3. The number of rotatable bonds is 10. The molecule has 0 bridgehead atoms. The molecule has 4 N–H and O–H groups in total. The van der Waals surface area contributed by atoms with Crippen LogP contribution in [0.1, 0.15) is 23.1 Å². The van der Waals surface area contributed by atoms with Crippen LogP contribution < -0.4 is 20.9 Å². The number of hydrogen-bond acceptors (Lipinski definition) is 6. The number of benzene rings is 3. The van der Waals surface area contributed by atoms with Crippen molar-refractivity contribution in [2.45, 2.75) is 25.3 Å². The van der Waals surface area contributed by atoms with Crippen molar-refractivity contribution in [2.75, 3.05) is 18.1 Å². The van der Waals surface area contributed by atoms with Crippen LogP contribution in [0.25, 0.3) is 6.08 Å². The first-order valence-electron chi connectivity index (χ1n) is 10.9. The second-order valence-electron chi connectivity index (χ2n) is 7.87. The highest BCUT2D eigenvalue weighted by Crippen LogP contribution is 2.33. The number of anilines is 2. The van der Waals surface area contributed by atoms with Gasteiger partial charge in [0.1, 0.15) is 18.1 Å². The lowest BCUT2D eigenvalue weighted by Crippen LogP contribution is -2.21. The Kier molecular flexibility index (Phi) is 8.59. The number of esters is 1. The van der Waals surface area contributed by atoms with Crippen molar-refractivity contribution in [3.8, 4) is 11.5 Å². The molecule has 0 radical (unpaired) electrons. The molecule has 0 unspecified atom stereocenters. The lowest BCUT2D eigenvalue weighted by molar-refractivity contribution is -0.185. The largest absolute Gasteiger partial charge is 0.493 e. The van der Waals surface area contributed by atoms with Crippen molar-refractivity contribution in [2.24, 2.45) is 0 Å². The van der Waals surface area contributed by atoms with E-state index >= 15 is 0 Å². The van der Waals surface area contributed by atoms with E-state index in [1.54, 1.807) is 18.2 Å². The van der Waals surface area contributed by atoms with Crippen LogP contribution in [-0.2, 0) is 22.2 Å². The SMILES string of the molecule is Nc1cc(N)cc(COC(=O)/C=C/c2ccc(OC(F)(F)c3ccc(OCCC(F)(F)F)cc3)cc2)c1. The molecule has 196 valence electrons. The number of carbonyl (C=O) groups excluding carboxylic acids is 1. The van der Waals surface area contributed by atoms with E-state index in [0.29, 0.717) is 22.5 Å². The van der Waals surface area contributed by atoms with Gasteiger partial charge >= 0.3 is 18.3 Å². The van der Waals surface area contributed by atoms with Crippen LogP contribution in [0.3, 0.4) is 0 Å². The molecule has 0 aliphatic carbocycles. The average Bonchev–Trinajstić information content (AvgIpc) is 2.81. The van der Waals surface area contributed by atoms with Crippen molar-refractivity contribution in [1.29, 1.82) is 0 Å². The molecule has 0 atom stereocenters. The van der Waals surface area contributed by atoms with Crippen molar-refractivity contribution in [3.63, 3.8) is 0 Å². The average molecular weight is 522 g/mol. The normalized spacial score (nSPS) is 11.9. The molecule has 0 aliphatic rings. The molecule has 0 amide bonds. The first-order chi connectivity index (χ1) is 17.4. The minimum absolute atomic E-state index is 0.0236. The summed E-state index contributed by atoms with van der Waals surface area (Å²) in [5, 5.41) is 0. The second-order valence-corrected chi connectivity index (χ2v) is 7.87. The minimum atomic E-state index is -4.37. The van der Waals surface area contributed by atoms with Crippen molar-refractivity contribution in [1.82, 2.24) is 0 Å². The summed E-state index contributed by atoms with van der Waals surface area (Å²) in [6.07, 6.45) is -6.62. The van der Waals surface area contributed by atoms with Gasteiger partial charge in [-0.15, -0.1) is 0 Å². The summed E-state index contributed by atoms with van der Waals surface area (Å²) in [5.74, 6) is -0.747. The van der Waals surface area contributed by atoms with Gasteiger partial charge in [0.2, 0.25) is 0 Å². The zero-order valence-electron chi connectivity index (χ0n) is 19.3. The maximum atomic E-state index is 14.5. The van der Waals surface area contributed by atoms with E-state index in [1.807, 2.05) is 0 Å². The van der Waals surface area contributed by atoms with Crippen LogP contribution >= 0.6 is 0 Å². The summed E-state index contributed by atoms with van der Waals surface area (Å²) >= 11 is 0. The minimum Gasteiger partial charge on any atom is -0.493 e. The Morgan fingerprint density at radius 2 is 1.43 bits per heavy atom. The summed E-state index contributed by atoms with van der Waals surface area (Å²) in [4.78, 5) is 11.9. The third-order valence-corrected chi connectivity index (χ3v) is 4.80. The van der Waals surface area contributed by atoms with Gasteiger partial charge in [-0.05, 0) is 71.8 Å². The lowest BCUT2D eigenvalue weighted by atomic mass is 10.2. The van der Waals surface area contributed by atoms with Crippen LogP contribution in [0.15, 0.2) is 72.8 Å². The standard InChI is InChI=1S/C26H23F5N2O4/c27-25(28,29)11-12-35-22-8-4-19(5-9-22)26(30,31)37-23-6-1-17(2-7-23)3-10-24(34)36-16-18-13-20(32)15-21(33)14-18/h1-10,13-15H,11-12,16,32-33H2/b10-3+. The van der Waals surface area contributed by atoms with Crippen molar-refractivity contribution >= 4 is 23.4 Å². The third kappa shape index (κ3) is 9.02. The van der Waals surface area contributed by atoms with E-state index in [-0.39, 0.29) is 18.1 Å². The zero-order valence-corrected chi connectivity index (χ0v) is 19.3. The van der Waals surface area contributed by atoms with Crippen LogP contribution in [0.5, 0.6) is 11.5 Å². The molecule has 37 heavy (non-hydrogen) atoms. The van der Waals surface area contributed by atoms with Gasteiger partial charge in [-0.2, -0.15) is 22.0 Å². The Labute approximate surface area is 209 Å².